The van der Waals surface area contributed by atoms with Crippen molar-refractivity contribution in [1.82, 2.24) is 15.0 Å². The van der Waals surface area contributed by atoms with E-state index in [2.05, 4.69) is 9.97 Å². The van der Waals surface area contributed by atoms with Gasteiger partial charge in [0.15, 0.2) is 0 Å². The minimum atomic E-state index is -1.52. The van der Waals surface area contributed by atoms with Crippen LogP contribution in [0.3, 0.4) is 0 Å². The van der Waals surface area contributed by atoms with Gasteiger partial charge in [-0.25, -0.2) is 4.98 Å². The summed E-state index contributed by atoms with van der Waals surface area (Å²) in [6, 6.07) is 22.4. The zero-order valence-electron chi connectivity index (χ0n) is 14.4. The van der Waals surface area contributed by atoms with Gasteiger partial charge in [0.1, 0.15) is 0 Å². The molecule has 0 bridgehead atoms. The monoisotopic (exact) mass is 353 g/mol. The van der Waals surface area contributed by atoms with Crippen molar-refractivity contribution in [2.24, 2.45) is 0 Å². The maximum absolute atomic E-state index is 9.48. The Hall–Kier alpha value is -3.35. The van der Waals surface area contributed by atoms with Crippen LogP contribution in [0.4, 0.5) is 0 Å². The molecule has 130 valence electrons. The van der Waals surface area contributed by atoms with Gasteiger partial charge in [0.25, 0.3) is 0 Å². The molecule has 3 aromatic heterocycles. The second kappa shape index (κ2) is 7.49. The van der Waals surface area contributed by atoms with Gasteiger partial charge in [0.05, 0.1) is 22.8 Å². The molecular weight excluding hydrogens is 337 g/mol. The summed E-state index contributed by atoms with van der Waals surface area (Å²) in [4.78, 5) is 13.5. The molecule has 0 amide bonds. The van der Waals surface area contributed by atoms with Crippen LogP contribution in [0.25, 0.3) is 33.9 Å². The second-order valence-electron chi connectivity index (χ2n) is 6.06. The fourth-order valence-electron chi connectivity index (χ4n) is 2.87. The van der Waals surface area contributed by atoms with E-state index < -0.39 is 7.12 Å². The normalized spacial score (nSPS) is 10.6. The van der Waals surface area contributed by atoms with Crippen LogP contribution < -0.4 is 5.46 Å². The number of pyridine rings is 3. The van der Waals surface area contributed by atoms with E-state index in [0.717, 1.165) is 33.9 Å². The second-order valence-corrected chi connectivity index (χ2v) is 6.06. The van der Waals surface area contributed by atoms with Gasteiger partial charge in [-0.05, 0) is 53.0 Å². The summed E-state index contributed by atoms with van der Waals surface area (Å²) < 4.78 is 0. The first kappa shape index (κ1) is 17.1. The average Bonchev–Trinajstić information content (AvgIpc) is 2.75. The molecule has 0 unspecified atom stereocenters. The van der Waals surface area contributed by atoms with Crippen LogP contribution in [-0.2, 0) is 0 Å². The van der Waals surface area contributed by atoms with Crippen molar-refractivity contribution in [1.29, 1.82) is 0 Å². The smallest absolute Gasteiger partial charge is 0.423 e. The van der Waals surface area contributed by atoms with Gasteiger partial charge in [0.2, 0.25) is 0 Å². The fourth-order valence-corrected chi connectivity index (χ4v) is 2.87. The quantitative estimate of drug-likeness (QED) is 0.552. The van der Waals surface area contributed by atoms with Crippen molar-refractivity contribution >= 4 is 12.6 Å². The minimum Gasteiger partial charge on any atom is -0.423 e. The molecular formula is C21H16BN3O2. The first-order valence-corrected chi connectivity index (χ1v) is 8.52. The zero-order valence-corrected chi connectivity index (χ0v) is 14.4. The molecule has 0 saturated heterocycles. The van der Waals surface area contributed by atoms with Crippen LogP contribution >= 0.6 is 0 Å². The predicted molar refractivity (Wildman–Crippen MR) is 106 cm³/mol. The highest BCUT2D eigenvalue weighted by molar-refractivity contribution is 6.58. The zero-order chi connectivity index (χ0) is 18.6. The predicted octanol–water partition coefficient (Wildman–Crippen LogP) is 2.55. The first-order valence-electron chi connectivity index (χ1n) is 8.52. The molecule has 0 radical (unpaired) electrons. The van der Waals surface area contributed by atoms with Crippen LogP contribution in [0.15, 0.2) is 85.2 Å². The van der Waals surface area contributed by atoms with E-state index in [-0.39, 0.29) is 0 Å². The van der Waals surface area contributed by atoms with E-state index in [4.69, 9.17) is 4.98 Å². The third kappa shape index (κ3) is 3.77. The summed E-state index contributed by atoms with van der Waals surface area (Å²) in [5, 5.41) is 19.0. The van der Waals surface area contributed by atoms with Crippen LogP contribution in [0.5, 0.6) is 0 Å². The molecule has 0 fully saturated rings. The van der Waals surface area contributed by atoms with Gasteiger partial charge in [-0.1, -0.05) is 36.4 Å². The Balaban J connectivity index is 1.90. The Bertz CT molecular complexity index is 999. The maximum Gasteiger partial charge on any atom is 0.488 e. The summed E-state index contributed by atoms with van der Waals surface area (Å²) in [5.74, 6) is 0. The largest absolute Gasteiger partial charge is 0.488 e. The highest BCUT2D eigenvalue weighted by Crippen LogP contribution is 2.28. The molecule has 2 N–H and O–H groups in total. The Morgan fingerprint density at radius 2 is 1.22 bits per heavy atom. The molecule has 0 aliphatic carbocycles. The Morgan fingerprint density at radius 1 is 0.593 bits per heavy atom. The van der Waals surface area contributed by atoms with Crippen LogP contribution in [-0.4, -0.2) is 32.1 Å². The Kier molecular flexibility index (Phi) is 4.74. The lowest BCUT2D eigenvalue weighted by Crippen LogP contribution is -2.29. The molecule has 5 nitrogen and oxygen atoms in total. The number of hydrogen-bond donors (Lipinski definition) is 2. The van der Waals surface area contributed by atoms with Gasteiger partial charge in [-0.2, -0.15) is 0 Å². The van der Waals surface area contributed by atoms with Crippen LogP contribution in [0.2, 0.25) is 0 Å². The van der Waals surface area contributed by atoms with Crippen LogP contribution in [0, 0.1) is 0 Å². The van der Waals surface area contributed by atoms with E-state index >= 15 is 0 Å². The average molecular weight is 353 g/mol. The summed E-state index contributed by atoms with van der Waals surface area (Å²) in [5.41, 5.74) is 5.16. The maximum atomic E-state index is 9.48. The third-order valence-corrected chi connectivity index (χ3v) is 4.20. The SMILES string of the molecule is OB(O)c1cccc(-c2cc(-c3ccccn3)nc(-c3ccccn3)c2)c1. The molecule has 6 heteroatoms. The van der Waals surface area contributed by atoms with Gasteiger partial charge >= 0.3 is 7.12 Å². The van der Waals surface area contributed by atoms with E-state index in [9.17, 15) is 10.0 Å². The molecule has 0 aliphatic heterocycles. The Labute approximate surface area is 157 Å². The summed E-state index contributed by atoms with van der Waals surface area (Å²) in [7, 11) is -1.52. The molecule has 0 spiro atoms. The topological polar surface area (TPSA) is 79.1 Å². The van der Waals surface area contributed by atoms with E-state index in [1.54, 1.807) is 30.6 Å². The van der Waals surface area contributed by atoms with Crippen molar-refractivity contribution in [3.63, 3.8) is 0 Å². The third-order valence-electron chi connectivity index (χ3n) is 4.20. The molecule has 4 rings (SSSR count). The van der Waals surface area contributed by atoms with Crippen molar-refractivity contribution in [3.8, 4) is 33.9 Å². The van der Waals surface area contributed by atoms with Crippen molar-refractivity contribution in [3.05, 3.63) is 85.2 Å². The summed E-state index contributed by atoms with van der Waals surface area (Å²) in [6.07, 6.45) is 3.46. The molecule has 27 heavy (non-hydrogen) atoms. The highest BCUT2D eigenvalue weighted by Gasteiger charge is 2.14. The lowest BCUT2D eigenvalue weighted by molar-refractivity contribution is 0.426. The highest BCUT2D eigenvalue weighted by atomic mass is 16.4. The van der Waals surface area contributed by atoms with Crippen LogP contribution in [0.1, 0.15) is 0 Å². The van der Waals surface area contributed by atoms with Gasteiger partial charge in [0, 0.05) is 12.4 Å². The number of hydrogen-bond acceptors (Lipinski definition) is 5. The summed E-state index contributed by atoms with van der Waals surface area (Å²) >= 11 is 0. The van der Waals surface area contributed by atoms with E-state index in [1.165, 1.54) is 0 Å². The molecule has 3 heterocycles. The number of nitrogens with zero attached hydrogens (tertiary/aromatic N) is 3. The standard InChI is InChI=1S/C21H16BN3O2/c26-22(27)17-7-5-6-15(12-17)16-13-20(18-8-1-3-10-23-18)25-21(14-16)19-9-2-4-11-24-19/h1-14,26-27H. The number of rotatable bonds is 4. The fraction of sp³-hybridized carbons (Fsp3) is 0. The van der Waals surface area contributed by atoms with Gasteiger partial charge in [-0.3, -0.25) is 9.97 Å². The van der Waals surface area contributed by atoms with Crippen molar-refractivity contribution in [2.75, 3.05) is 0 Å². The van der Waals surface area contributed by atoms with E-state index in [1.807, 2.05) is 54.6 Å². The molecule has 1 aromatic carbocycles. The van der Waals surface area contributed by atoms with Crippen molar-refractivity contribution in [2.45, 2.75) is 0 Å². The molecule has 0 aliphatic rings. The van der Waals surface area contributed by atoms with Crippen molar-refractivity contribution < 1.29 is 10.0 Å². The lowest BCUT2D eigenvalue weighted by Gasteiger charge is -2.10. The van der Waals surface area contributed by atoms with Gasteiger partial charge in [-0.15, -0.1) is 0 Å². The summed E-state index contributed by atoms with van der Waals surface area (Å²) in [6.45, 7) is 0. The molecule has 0 atom stereocenters. The van der Waals surface area contributed by atoms with E-state index in [0.29, 0.717) is 5.46 Å². The molecule has 4 aromatic rings. The lowest BCUT2D eigenvalue weighted by atomic mass is 9.79. The number of aromatic nitrogens is 3. The minimum absolute atomic E-state index is 0.433. The Morgan fingerprint density at radius 3 is 1.74 bits per heavy atom. The molecule has 0 saturated carbocycles. The first-order chi connectivity index (χ1) is 13.2. The van der Waals surface area contributed by atoms with Gasteiger partial charge < -0.3 is 10.0 Å². The number of benzene rings is 1.